The molecule has 0 atom stereocenters. The molecular weight excluding hydrogens is 655 g/mol. The first kappa shape index (κ1) is 30.8. The number of para-hydroxylation sites is 2. The Morgan fingerprint density at radius 3 is 1.93 bits per heavy atom. The molecule has 0 aliphatic heterocycles. The minimum Gasteiger partial charge on any atom is -0.277 e. The summed E-state index contributed by atoms with van der Waals surface area (Å²) in [5.41, 5.74) is 15.1. The second kappa shape index (κ2) is 11.6. The van der Waals surface area contributed by atoms with Gasteiger partial charge in [-0.1, -0.05) is 166 Å². The summed E-state index contributed by atoms with van der Waals surface area (Å²) < 4.78 is 2.31. The first-order chi connectivity index (χ1) is 26.5. The highest BCUT2D eigenvalue weighted by Gasteiger charge is 2.35. The van der Waals surface area contributed by atoms with Crippen molar-refractivity contribution in [2.24, 2.45) is 0 Å². The van der Waals surface area contributed by atoms with E-state index in [2.05, 4.69) is 194 Å². The molecule has 0 saturated heterocycles. The van der Waals surface area contributed by atoms with E-state index in [4.69, 9.17) is 9.97 Å². The van der Waals surface area contributed by atoms with Crippen molar-refractivity contribution in [1.29, 1.82) is 0 Å². The number of aromatic nitrogens is 3. The first-order valence-electron chi connectivity index (χ1n) is 18.7. The van der Waals surface area contributed by atoms with Crippen molar-refractivity contribution in [2.45, 2.75) is 19.3 Å². The van der Waals surface area contributed by atoms with Crippen LogP contribution in [-0.2, 0) is 5.41 Å². The third kappa shape index (κ3) is 4.48. The molecule has 254 valence electrons. The van der Waals surface area contributed by atoms with Crippen LogP contribution >= 0.6 is 0 Å². The molecule has 54 heavy (non-hydrogen) atoms. The van der Waals surface area contributed by atoms with Crippen molar-refractivity contribution in [2.75, 3.05) is 0 Å². The van der Waals surface area contributed by atoms with Gasteiger partial charge in [0.1, 0.15) is 0 Å². The minimum absolute atomic E-state index is 0.120. The summed E-state index contributed by atoms with van der Waals surface area (Å²) in [5.74, 6) is 0.660. The van der Waals surface area contributed by atoms with Crippen LogP contribution in [0.25, 0.3) is 94.1 Å². The van der Waals surface area contributed by atoms with Crippen LogP contribution in [0.5, 0.6) is 0 Å². The normalized spacial score (nSPS) is 13.1. The molecular formula is C51H35N3. The van der Waals surface area contributed by atoms with Crippen LogP contribution in [0.15, 0.2) is 176 Å². The Kier molecular flexibility index (Phi) is 6.60. The third-order valence-electron chi connectivity index (χ3n) is 11.6. The molecule has 3 nitrogen and oxygen atoms in total. The highest BCUT2D eigenvalue weighted by atomic mass is 15.2. The fourth-order valence-electron chi connectivity index (χ4n) is 8.99. The van der Waals surface area contributed by atoms with Crippen LogP contribution in [0.2, 0.25) is 0 Å². The van der Waals surface area contributed by atoms with Crippen molar-refractivity contribution < 1.29 is 0 Å². The molecule has 2 heterocycles. The molecule has 0 saturated carbocycles. The van der Waals surface area contributed by atoms with Crippen LogP contribution in [0.4, 0.5) is 0 Å². The highest BCUT2D eigenvalue weighted by Crippen LogP contribution is 2.51. The van der Waals surface area contributed by atoms with Gasteiger partial charge in [-0.3, -0.25) is 4.57 Å². The van der Waals surface area contributed by atoms with Gasteiger partial charge in [-0.05, 0) is 74.0 Å². The summed E-state index contributed by atoms with van der Waals surface area (Å²) >= 11 is 0. The molecule has 3 heteroatoms. The van der Waals surface area contributed by atoms with E-state index in [1.54, 1.807) is 0 Å². The Labute approximate surface area is 313 Å². The fourth-order valence-corrected chi connectivity index (χ4v) is 8.99. The molecule has 2 aromatic heterocycles. The molecule has 0 N–H and O–H groups in total. The van der Waals surface area contributed by atoms with Crippen LogP contribution < -0.4 is 0 Å². The smallest absolute Gasteiger partial charge is 0.235 e. The number of rotatable bonds is 4. The number of benzene rings is 8. The number of fused-ring (bicyclic) bond motifs is 8. The summed E-state index contributed by atoms with van der Waals surface area (Å²) in [5, 5.41) is 5.82. The van der Waals surface area contributed by atoms with Gasteiger partial charge in [-0.15, -0.1) is 0 Å². The minimum atomic E-state index is -0.120. The number of hydrogen-bond acceptors (Lipinski definition) is 2. The topological polar surface area (TPSA) is 30.7 Å². The predicted molar refractivity (Wildman–Crippen MR) is 225 cm³/mol. The lowest BCUT2D eigenvalue weighted by atomic mass is 9.81. The summed E-state index contributed by atoms with van der Waals surface area (Å²) in [6, 6.07) is 63.5. The Hall–Kier alpha value is -6.84. The molecule has 1 aliphatic carbocycles. The maximum atomic E-state index is 5.49. The number of nitrogens with zero attached hydrogens (tertiary/aromatic N) is 3. The zero-order valence-electron chi connectivity index (χ0n) is 30.1. The predicted octanol–water partition coefficient (Wildman–Crippen LogP) is 13.2. The molecule has 0 fully saturated rings. The Morgan fingerprint density at radius 2 is 1.07 bits per heavy atom. The lowest BCUT2D eigenvalue weighted by Gasteiger charge is -2.22. The molecule has 0 radical (unpaired) electrons. The van der Waals surface area contributed by atoms with Gasteiger partial charge in [-0.2, -0.15) is 0 Å². The van der Waals surface area contributed by atoms with E-state index in [9.17, 15) is 0 Å². The average Bonchev–Trinajstić information content (AvgIpc) is 3.67. The summed E-state index contributed by atoms with van der Waals surface area (Å²) in [7, 11) is 0. The molecule has 1 aliphatic rings. The van der Waals surface area contributed by atoms with Crippen LogP contribution in [-0.4, -0.2) is 14.5 Å². The fraction of sp³-hybridized carbons (Fsp3) is 0.0588. The highest BCUT2D eigenvalue weighted by molar-refractivity contribution is 6.21. The molecule has 10 aromatic rings. The zero-order valence-corrected chi connectivity index (χ0v) is 30.1. The zero-order chi connectivity index (χ0) is 36.0. The van der Waals surface area contributed by atoms with Crippen molar-refractivity contribution in [3.05, 3.63) is 187 Å². The SMILES string of the molecule is CC1(C)c2ccccc2-c2ccc(-c3c4ccccc4cc4c5ccccc5n(-c5nc(-c6ccc(-c7ccccc7)cc6)c6ccccc6n5)c34)cc21. The second-order valence-corrected chi connectivity index (χ2v) is 15.0. The van der Waals surface area contributed by atoms with Gasteiger partial charge in [0.25, 0.3) is 0 Å². The Balaban J connectivity index is 1.21. The molecule has 0 spiro atoms. The van der Waals surface area contributed by atoms with E-state index in [1.807, 2.05) is 0 Å². The quantitative estimate of drug-likeness (QED) is 0.184. The van der Waals surface area contributed by atoms with Crippen LogP contribution in [0.1, 0.15) is 25.0 Å². The maximum Gasteiger partial charge on any atom is 0.235 e. The Bertz CT molecular complexity index is 3110. The van der Waals surface area contributed by atoms with Crippen molar-refractivity contribution in [3.8, 4) is 50.6 Å². The summed E-state index contributed by atoms with van der Waals surface area (Å²) in [6.07, 6.45) is 0. The van der Waals surface area contributed by atoms with Gasteiger partial charge < -0.3 is 0 Å². The maximum absolute atomic E-state index is 5.49. The lowest BCUT2D eigenvalue weighted by Crippen LogP contribution is -2.14. The molecule has 8 aromatic carbocycles. The van der Waals surface area contributed by atoms with Gasteiger partial charge in [0.15, 0.2) is 0 Å². The van der Waals surface area contributed by atoms with E-state index in [-0.39, 0.29) is 5.41 Å². The van der Waals surface area contributed by atoms with E-state index in [1.165, 1.54) is 66.1 Å². The summed E-state index contributed by atoms with van der Waals surface area (Å²) in [4.78, 5) is 10.8. The van der Waals surface area contributed by atoms with Crippen molar-refractivity contribution in [3.63, 3.8) is 0 Å². The molecule has 0 amide bonds. The standard InChI is InChI=1S/C51H35N3/c1-51(2)43-21-11-8-18-38(43)39-29-28-36(31-44(39)51)47-37-17-7-6-16-35(37)30-42-40-19-10-13-23-46(40)54(49(42)47)50-52-45-22-12-9-20-41(45)48(53-50)34-26-24-33(25-27-34)32-14-4-3-5-15-32/h3-31H,1-2H3. The van der Waals surface area contributed by atoms with Crippen molar-refractivity contribution >= 4 is 43.5 Å². The van der Waals surface area contributed by atoms with Gasteiger partial charge >= 0.3 is 0 Å². The van der Waals surface area contributed by atoms with Crippen molar-refractivity contribution in [1.82, 2.24) is 14.5 Å². The third-order valence-corrected chi connectivity index (χ3v) is 11.6. The molecule has 11 rings (SSSR count). The van der Waals surface area contributed by atoms with E-state index in [0.717, 1.165) is 33.2 Å². The second-order valence-electron chi connectivity index (χ2n) is 15.0. The largest absolute Gasteiger partial charge is 0.277 e. The summed E-state index contributed by atoms with van der Waals surface area (Å²) in [6.45, 7) is 4.71. The first-order valence-corrected chi connectivity index (χ1v) is 18.7. The number of hydrogen-bond donors (Lipinski definition) is 0. The Morgan fingerprint density at radius 1 is 0.444 bits per heavy atom. The van der Waals surface area contributed by atoms with Gasteiger partial charge in [0.2, 0.25) is 5.95 Å². The van der Waals surface area contributed by atoms with E-state index >= 15 is 0 Å². The van der Waals surface area contributed by atoms with Gasteiger partial charge in [0.05, 0.1) is 22.2 Å². The lowest BCUT2D eigenvalue weighted by molar-refractivity contribution is 0.660. The van der Waals surface area contributed by atoms with E-state index < -0.39 is 0 Å². The van der Waals surface area contributed by atoms with Gasteiger partial charge in [0, 0.05) is 32.7 Å². The van der Waals surface area contributed by atoms with Gasteiger partial charge in [-0.25, -0.2) is 9.97 Å². The van der Waals surface area contributed by atoms with Crippen LogP contribution in [0.3, 0.4) is 0 Å². The molecule has 0 bridgehead atoms. The van der Waals surface area contributed by atoms with Crippen LogP contribution in [0, 0.1) is 0 Å². The average molecular weight is 690 g/mol. The van der Waals surface area contributed by atoms with E-state index in [0.29, 0.717) is 5.95 Å². The molecule has 0 unspecified atom stereocenters. The monoisotopic (exact) mass is 689 g/mol.